The molecule has 1 atom stereocenters. The van der Waals surface area contributed by atoms with Crippen molar-refractivity contribution in [3.8, 4) is 0 Å². The van der Waals surface area contributed by atoms with Crippen LogP contribution in [-0.4, -0.2) is 39.8 Å². The second kappa shape index (κ2) is 7.66. The summed E-state index contributed by atoms with van der Waals surface area (Å²) in [4.78, 5) is 27.2. The smallest absolute Gasteiger partial charge is 0.411 e. The Bertz CT molecular complexity index is 789. The van der Waals surface area contributed by atoms with E-state index in [0.717, 1.165) is 11.1 Å². The Hall–Kier alpha value is -2.82. The quantitative estimate of drug-likeness (QED) is 0.835. The van der Waals surface area contributed by atoms with Crippen molar-refractivity contribution < 1.29 is 19.4 Å². The molecule has 1 saturated heterocycles. The molecule has 1 aliphatic rings. The van der Waals surface area contributed by atoms with Crippen LogP contribution in [0.5, 0.6) is 0 Å². The minimum atomic E-state index is -1.40. The van der Waals surface area contributed by atoms with Crippen LogP contribution >= 0.6 is 0 Å². The van der Waals surface area contributed by atoms with Gasteiger partial charge in [-0.25, -0.2) is 9.59 Å². The first-order valence-electron chi connectivity index (χ1n) is 9.59. The summed E-state index contributed by atoms with van der Waals surface area (Å²) in [6.45, 7) is 5.72. The van der Waals surface area contributed by atoms with Crippen LogP contribution in [0.4, 0.5) is 4.79 Å². The third-order valence-electron chi connectivity index (χ3n) is 5.15. The van der Waals surface area contributed by atoms with E-state index >= 15 is 0 Å². The van der Waals surface area contributed by atoms with Crippen molar-refractivity contribution in [3.63, 3.8) is 0 Å². The molecule has 1 N–H and O–H groups in total. The molecule has 0 spiro atoms. The number of carboxylic acids is 1. The highest BCUT2D eigenvalue weighted by Crippen LogP contribution is 2.46. The molecule has 2 aromatic rings. The van der Waals surface area contributed by atoms with Gasteiger partial charge >= 0.3 is 12.1 Å². The average molecular weight is 381 g/mol. The monoisotopic (exact) mass is 381 g/mol. The zero-order chi connectivity index (χ0) is 20.4. The molecular weight excluding hydrogens is 354 g/mol. The summed E-state index contributed by atoms with van der Waals surface area (Å²) in [5, 5.41) is 10.4. The van der Waals surface area contributed by atoms with Gasteiger partial charge in [-0.2, -0.15) is 0 Å². The van der Waals surface area contributed by atoms with Crippen molar-refractivity contribution in [2.24, 2.45) is 0 Å². The standard InChI is InChI=1S/C23H27NO4/c1-22(2,3)28-21(27)24-16-10-15-23(24,20(25)26)19(17-11-6-4-7-12-17)18-13-8-5-9-14-18/h4-9,11-14,19H,10,15-16H2,1-3H3,(H,25,26)/t23-/m0/s1. The van der Waals surface area contributed by atoms with Crippen molar-refractivity contribution in [1.29, 1.82) is 0 Å². The number of hydrogen-bond donors (Lipinski definition) is 1. The molecule has 5 heteroatoms. The Morgan fingerprint density at radius 2 is 1.50 bits per heavy atom. The Labute approximate surface area is 165 Å². The maximum Gasteiger partial charge on any atom is 0.411 e. The van der Waals surface area contributed by atoms with Gasteiger partial charge in [0.1, 0.15) is 5.60 Å². The fraction of sp³-hybridized carbons (Fsp3) is 0.391. The molecule has 148 valence electrons. The lowest BCUT2D eigenvalue weighted by molar-refractivity contribution is -0.150. The van der Waals surface area contributed by atoms with Crippen LogP contribution in [0, 0.1) is 0 Å². The lowest BCUT2D eigenvalue weighted by Gasteiger charge is -2.41. The van der Waals surface area contributed by atoms with Crippen LogP contribution in [0.15, 0.2) is 60.7 Å². The number of rotatable bonds is 4. The van der Waals surface area contributed by atoms with Gasteiger partial charge in [-0.3, -0.25) is 4.90 Å². The molecular formula is C23H27NO4. The van der Waals surface area contributed by atoms with Crippen molar-refractivity contribution in [3.05, 3.63) is 71.8 Å². The van der Waals surface area contributed by atoms with Gasteiger partial charge in [0.25, 0.3) is 0 Å². The highest BCUT2D eigenvalue weighted by atomic mass is 16.6. The lowest BCUT2D eigenvalue weighted by Crippen LogP contribution is -2.58. The Morgan fingerprint density at radius 3 is 1.93 bits per heavy atom. The number of ether oxygens (including phenoxy) is 1. The molecule has 0 saturated carbocycles. The Kier molecular flexibility index (Phi) is 5.45. The topological polar surface area (TPSA) is 66.8 Å². The SMILES string of the molecule is CC(C)(C)OC(=O)N1CCC[C@@]1(C(=O)O)C(c1ccccc1)c1ccccc1. The van der Waals surface area contributed by atoms with Crippen molar-refractivity contribution >= 4 is 12.1 Å². The van der Waals surface area contributed by atoms with Crippen LogP contribution in [0.25, 0.3) is 0 Å². The molecule has 2 aromatic carbocycles. The van der Waals surface area contributed by atoms with Crippen molar-refractivity contribution in [1.82, 2.24) is 4.90 Å². The van der Waals surface area contributed by atoms with E-state index in [1.54, 1.807) is 20.8 Å². The summed E-state index contributed by atoms with van der Waals surface area (Å²) in [6, 6.07) is 19.1. The van der Waals surface area contributed by atoms with Gasteiger partial charge in [0.05, 0.1) is 0 Å². The number of carbonyl (C=O) groups is 2. The van der Waals surface area contributed by atoms with Crippen molar-refractivity contribution in [2.75, 3.05) is 6.54 Å². The van der Waals surface area contributed by atoms with E-state index in [4.69, 9.17) is 4.74 Å². The van der Waals surface area contributed by atoms with Crippen LogP contribution in [-0.2, 0) is 9.53 Å². The molecule has 1 aliphatic heterocycles. The number of amides is 1. The highest BCUT2D eigenvalue weighted by molar-refractivity contribution is 5.87. The third-order valence-corrected chi connectivity index (χ3v) is 5.15. The van der Waals surface area contributed by atoms with Gasteiger partial charge in [0.15, 0.2) is 5.54 Å². The number of aliphatic carboxylic acids is 1. The minimum absolute atomic E-state index is 0.359. The van der Waals surface area contributed by atoms with Gasteiger partial charge in [-0.05, 0) is 44.7 Å². The average Bonchev–Trinajstić information content (AvgIpc) is 3.08. The molecule has 1 heterocycles. The highest BCUT2D eigenvalue weighted by Gasteiger charge is 2.57. The molecule has 0 radical (unpaired) electrons. The summed E-state index contributed by atoms with van der Waals surface area (Å²) in [5.74, 6) is -1.50. The van der Waals surface area contributed by atoms with E-state index in [0.29, 0.717) is 19.4 Å². The van der Waals surface area contributed by atoms with Gasteiger partial charge in [-0.1, -0.05) is 60.7 Å². The largest absolute Gasteiger partial charge is 0.479 e. The van der Waals surface area contributed by atoms with E-state index < -0.39 is 29.1 Å². The predicted molar refractivity (Wildman–Crippen MR) is 107 cm³/mol. The molecule has 5 nitrogen and oxygen atoms in total. The first-order chi connectivity index (χ1) is 13.3. The Balaban J connectivity index is 2.16. The summed E-state index contributed by atoms with van der Waals surface area (Å²) >= 11 is 0. The fourth-order valence-corrected chi connectivity index (χ4v) is 4.09. The molecule has 1 amide bonds. The second-order valence-electron chi connectivity index (χ2n) is 8.22. The number of benzene rings is 2. The zero-order valence-electron chi connectivity index (χ0n) is 16.6. The van der Waals surface area contributed by atoms with Crippen LogP contribution in [0.1, 0.15) is 50.7 Å². The number of nitrogens with zero attached hydrogens (tertiary/aromatic N) is 1. The molecule has 1 fully saturated rings. The molecule has 0 unspecified atom stereocenters. The number of likely N-dealkylation sites (tertiary alicyclic amines) is 1. The van der Waals surface area contributed by atoms with E-state index in [1.807, 2.05) is 60.7 Å². The summed E-state index contributed by atoms with van der Waals surface area (Å²) < 4.78 is 5.57. The Morgan fingerprint density at radius 1 is 1.00 bits per heavy atom. The fourth-order valence-electron chi connectivity index (χ4n) is 4.09. The second-order valence-corrected chi connectivity index (χ2v) is 8.22. The van der Waals surface area contributed by atoms with Gasteiger partial charge in [0.2, 0.25) is 0 Å². The van der Waals surface area contributed by atoms with Crippen LogP contribution in [0.2, 0.25) is 0 Å². The van der Waals surface area contributed by atoms with E-state index in [9.17, 15) is 14.7 Å². The summed E-state index contributed by atoms with van der Waals surface area (Å²) in [6.07, 6.45) is 0.404. The minimum Gasteiger partial charge on any atom is -0.479 e. The predicted octanol–water partition coefficient (Wildman–Crippen LogP) is 4.67. The first-order valence-corrected chi connectivity index (χ1v) is 9.59. The van der Waals surface area contributed by atoms with Gasteiger partial charge in [-0.15, -0.1) is 0 Å². The summed E-state index contributed by atoms with van der Waals surface area (Å²) in [7, 11) is 0. The maximum absolute atomic E-state index is 13.0. The van der Waals surface area contributed by atoms with Crippen LogP contribution < -0.4 is 0 Å². The molecule has 0 aliphatic carbocycles. The van der Waals surface area contributed by atoms with Crippen LogP contribution in [0.3, 0.4) is 0 Å². The van der Waals surface area contributed by atoms with E-state index in [-0.39, 0.29) is 0 Å². The normalized spacial score (nSPS) is 19.6. The lowest BCUT2D eigenvalue weighted by atomic mass is 9.73. The number of carboxylic acid groups (broad SMARTS) is 1. The third kappa shape index (κ3) is 3.75. The van der Waals surface area contributed by atoms with Crippen molar-refractivity contribution in [2.45, 2.75) is 50.7 Å². The van der Waals surface area contributed by atoms with Gasteiger partial charge in [0, 0.05) is 12.5 Å². The molecule has 28 heavy (non-hydrogen) atoms. The zero-order valence-corrected chi connectivity index (χ0v) is 16.6. The summed E-state index contributed by atoms with van der Waals surface area (Å²) in [5.41, 5.74) is -0.359. The maximum atomic E-state index is 13.0. The van der Waals surface area contributed by atoms with Gasteiger partial charge < -0.3 is 9.84 Å². The van der Waals surface area contributed by atoms with E-state index in [2.05, 4.69) is 0 Å². The molecule has 3 rings (SSSR count). The molecule has 0 aromatic heterocycles. The number of hydrogen-bond acceptors (Lipinski definition) is 3. The number of carbonyl (C=O) groups excluding carboxylic acids is 1. The van der Waals surface area contributed by atoms with E-state index in [1.165, 1.54) is 4.90 Å². The first kappa shape index (κ1) is 19.9. The molecule has 0 bridgehead atoms.